The number of carbonyl (C=O) groups is 2. The first-order chi connectivity index (χ1) is 14.1. The Morgan fingerprint density at radius 3 is 2.66 bits per heavy atom. The number of fused-ring (bicyclic) bond motifs is 1. The molecule has 3 amide bonds. The highest BCUT2D eigenvalue weighted by Gasteiger charge is 2.36. The standard InChI is InChI=1S/C22H24ClN3O3/c23-17-11-10-15(21(27)24-16-6-2-1-3-7-16)14-18(17)25-22(28)26-12-13-29-20-9-5-4-8-19(20)26/h1-3,6-7,10-11,14,19-20H,4-5,8-9,12-13H2,(H,24,27)(H,25,28)/t19-,20-/m0/s1. The van der Waals surface area contributed by atoms with Gasteiger partial charge in [-0.05, 0) is 43.2 Å². The van der Waals surface area contributed by atoms with Crippen LogP contribution in [0, 0.1) is 0 Å². The highest BCUT2D eigenvalue weighted by atomic mass is 35.5. The molecule has 6 nitrogen and oxygen atoms in total. The van der Waals surface area contributed by atoms with Gasteiger partial charge in [-0.2, -0.15) is 0 Å². The van der Waals surface area contributed by atoms with Crippen molar-refractivity contribution in [3.8, 4) is 0 Å². The zero-order chi connectivity index (χ0) is 20.2. The number of nitrogens with zero attached hydrogens (tertiary/aromatic N) is 1. The molecule has 2 aromatic rings. The fourth-order valence-electron chi connectivity index (χ4n) is 4.02. The average molecular weight is 414 g/mol. The first-order valence-corrected chi connectivity index (χ1v) is 10.3. The summed E-state index contributed by atoms with van der Waals surface area (Å²) in [6.45, 7) is 1.10. The van der Waals surface area contributed by atoms with E-state index in [0.717, 1.165) is 25.7 Å². The van der Waals surface area contributed by atoms with Crippen molar-refractivity contribution in [1.82, 2.24) is 4.90 Å². The molecule has 1 saturated carbocycles. The second kappa shape index (κ2) is 8.84. The van der Waals surface area contributed by atoms with Crippen molar-refractivity contribution < 1.29 is 14.3 Å². The lowest BCUT2D eigenvalue weighted by Crippen LogP contribution is -2.56. The topological polar surface area (TPSA) is 70.7 Å². The summed E-state index contributed by atoms with van der Waals surface area (Å²) in [5.74, 6) is -0.262. The van der Waals surface area contributed by atoms with Gasteiger partial charge in [0.25, 0.3) is 5.91 Å². The third-order valence-electron chi connectivity index (χ3n) is 5.49. The largest absolute Gasteiger partial charge is 0.374 e. The number of amides is 3. The number of hydrogen-bond donors (Lipinski definition) is 2. The number of ether oxygens (including phenoxy) is 1. The van der Waals surface area contributed by atoms with Crippen LogP contribution >= 0.6 is 11.6 Å². The number of morpholine rings is 1. The van der Waals surface area contributed by atoms with Crippen LogP contribution in [0.4, 0.5) is 16.2 Å². The Hall–Kier alpha value is -2.57. The zero-order valence-corrected chi connectivity index (χ0v) is 16.8. The van der Waals surface area contributed by atoms with E-state index in [1.54, 1.807) is 18.2 Å². The van der Waals surface area contributed by atoms with Crippen LogP contribution < -0.4 is 10.6 Å². The SMILES string of the molecule is O=C(Nc1ccccc1)c1ccc(Cl)c(NC(=O)N2CCO[C@H]3CCCC[C@@H]32)c1. The highest BCUT2D eigenvalue weighted by Crippen LogP contribution is 2.30. The fraction of sp³-hybridized carbons (Fsp3) is 0.364. The van der Waals surface area contributed by atoms with Crippen LogP contribution in [0.1, 0.15) is 36.0 Å². The lowest BCUT2D eigenvalue weighted by molar-refractivity contribution is -0.0694. The Bertz CT molecular complexity index is 888. The van der Waals surface area contributed by atoms with Crippen molar-refractivity contribution in [1.29, 1.82) is 0 Å². The van der Waals surface area contributed by atoms with Crippen LogP contribution in [0.2, 0.25) is 5.02 Å². The molecule has 152 valence electrons. The first-order valence-electron chi connectivity index (χ1n) is 9.97. The fourth-order valence-corrected chi connectivity index (χ4v) is 4.19. The summed E-state index contributed by atoms with van der Waals surface area (Å²) in [6.07, 6.45) is 4.29. The van der Waals surface area contributed by atoms with Gasteiger partial charge in [-0.3, -0.25) is 4.79 Å². The van der Waals surface area contributed by atoms with Crippen LogP contribution in [0.5, 0.6) is 0 Å². The van der Waals surface area contributed by atoms with Gasteiger partial charge in [0.2, 0.25) is 0 Å². The number of benzene rings is 2. The van der Waals surface area contributed by atoms with Gasteiger partial charge >= 0.3 is 6.03 Å². The summed E-state index contributed by atoms with van der Waals surface area (Å²) < 4.78 is 5.84. The lowest BCUT2D eigenvalue weighted by atomic mass is 9.90. The average Bonchev–Trinajstić information content (AvgIpc) is 2.75. The Morgan fingerprint density at radius 2 is 1.83 bits per heavy atom. The number of urea groups is 1. The molecule has 2 aliphatic rings. The molecule has 1 aliphatic heterocycles. The van der Waals surface area contributed by atoms with Crippen molar-refractivity contribution in [2.75, 3.05) is 23.8 Å². The smallest absolute Gasteiger partial charge is 0.322 e. The molecule has 0 aromatic heterocycles. The molecule has 2 N–H and O–H groups in total. The maximum Gasteiger partial charge on any atom is 0.322 e. The summed E-state index contributed by atoms with van der Waals surface area (Å²) >= 11 is 6.29. The van der Waals surface area contributed by atoms with Crippen molar-refractivity contribution in [2.45, 2.75) is 37.8 Å². The van der Waals surface area contributed by atoms with Crippen LogP contribution in [-0.2, 0) is 4.74 Å². The summed E-state index contributed by atoms with van der Waals surface area (Å²) in [4.78, 5) is 27.4. The van der Waals surface area contributed by atoms with Gasteiger partial charge in [-0.15, -0.1) is 0 Å². The van der Waals surface area contributed by atoms with Crippen LogP contribution in [-0.4, -0.2) is 42.1 Å². The molecule has 1 aliphatic carbocycles. The molecule has 0 radical (unpaired) electrons. The van der Waals surface area contributed by atoms with Gasteiger partial charge < -0.3 is 20.3 Å². The number of hydrogen-bond acceptors (Lipinski definition) is 3. The minimum atomic E-state index is -0.262. The molecule has 0 unspecified atom stereocenters. The van der Waals surface area contributed by atoms with E-state index >= 15 is 0 Å². The summed E-state index contributed by atoms with van der Waals surface area (Å²) in [7, 11) is 0. The number of halogens is 1. The van der Waals surface area contributed by atoms with Gasteiger partial charge in [0.1, 0.15) is 0 Å². The number of carbonyl (C=O) groups excluding carboxylic acids is 2. The predicted molar refractivity (Wildman–Crippen MR) is 114 cm³/mol. The van der Waals surface area contributed by atoms with Gasteiger partial charge in [0.05, 0.1) is 29.5 Å². The Kier molecular flexibility index (Phi) is 6.02. The van der Waals surface area contributed by atoms with E-state index in [-0.39, 0.29) is 24.1 Å². The summed E-state index contributed by atoms with van der Waals surface area (Å²) in [6, 6.07) is 14.0. The molecule has 2 fully saturated rings. The molecule has 4 rings (SSSR count). The molecule has 1 heterocycles. The Morgan fingerprint density at radius 1 is 1.03 bits per heavy atom. The van der Waals surface area contributed by atoms with Gasteiger partial charge in [-0.25, -0.2) is 4.79 Å². The molecule has 0 bridgehead atoms. The second-order valence-corrected chi connectivity index (χ2v) is 7.81. The van der Waals surface area contributed by atoms with Crippen molar-refractivity contribution in [3.05, 3.63) is 59.1 Å². The van der Waals surface area contributed by atoms with E-state index in [1.165, 1.54) is 0 Å². The number of anilines is 2. The monoisotopic (exact) mass is 413 g/mol. The first kappa shape index (κ1) is 19.7. The van der Waals surface area contributed by atoms with E-state index in [4.69, 9.17) is 16.3 Å². The van der Waals surface area contributed by atoms with Crippen molar-refractivity contribution in [2.24, 2.45) is 0 Å². The quantitative estimate of drug-likeness (QED) is 0.761. The third-order valence-corrected chi connectivity index (χ3v) is 5.82. The molecule has 7 heteroatoms. The normalized spacial score (nSPS) is 21.2. The number of para-hydroxylation sites is 1. The Labute approximate surface area is 175 Å². The number of rotatable bonds is 3. The highest BCUT2D eigenvalue weighted by molar-refractivity contribution is 6.34. The van der Waals surface area contributed by atoms with Crippen molar-refractivity contribution >= 4 is 34.9 Å². The molecular formula is C22H24ClN3O3. The molecule has 2 atom stereocenters. The van der Waals surface area contributed by atoms with Gasteiger partial charge in [0.15, 0.2) is 0 Å². The van der Waals surface area contributed by atoms with E-state index < -0.39 is 0 Å². The van der Waals surface area contributed by atoms with E-state index in [1.807, 2.05) is 35.2 Å². The van der Waals surface area contributed by atoms with Crippen LogP contribution in [0.3, 0.4) is 0 Å². The Balaban J connectivity index is 1.47. The molecule has 0 spiro atoms. The van der Waals surface area contributed by atoms with Crippen LogP contribution in [0.15, 0.2) is 48.5 Å². The minimum absolute atomic E-state index is 0.0980. The molecule has 1 saturated heterocycles. The van der Waals surface area contributed by atoms with E-state index in [9.17, 15) is 9.59 Å². The van der Waals surface area contributed by atoms with E-state index in [2.05, 4.69) is 10.6 Å². The summed E-state index contributed by atoms with van der Waals surface area (Å²) in [5, 5.41) is 6.12. The van der Waals surface area contributed by atoms with Crippen molar-refractivity contribution in [3.63, 3.8) is 0 Å². The zero-order valence-electron chi connectivity index (χ0n) is 16.1. The minimum Gasteiger partial charge on any atom is -0.374 e. The van der Waals surface area contributed by atoms with Crippen LogP contribution in [0.25, 0.3) is 0 Å². The number of nitrogens with one attached hydrogen (secondary N) is 2. The van der Waals surface area contributed by atoms with Gasteiger partial charge in [-0.1, -0.05) is 42.6 Å². The predicted octanol–water partition coefficient (Wildman–Crippen LogP) is 4.77. The summed E-state index contributed by atoms with van der Waals surface area (Å²) in [5.41, 5.74) is 1.55. The van der Waals surface area contributed by atoms with Gasteiger partial charge in [0, 0.05) is 17.8 Å². The molecule has 29 heavy (non-hydrogen) atoms. The lowest BCUT2D eigenvalue weighted by Gasteiger charge is -2.43. The maximum absolute atomic E-state index is 12.9. The second-order valence-electron chi connectivity index (χ2n) is 7.40. The maximum atomic E-state index is 12.9. The molecular weight excluding hydrogens is 390 g/mol. The van der Waals surface area contributed by atoms with E-state index in [0.29, 0.717) is 35.1 Å². The molecule has 2 aromatic carbocycles. The third kappa shape index (κ3) is 4.54.